The van der Waals surface area contributed by atoms with Crippen LogP contribution in [0.2, 0.25) is 0 Å². The van der Waals surface area contributed by atoms with E-state index < -0.39 is 6.04 Å². The second kappa shape index (κ2) is 12.6. The van der Waals surface area contributed by atoms with E-state index in [9.17, 15) is 9.59 Å². The largest absolute Gasteiger partial charge is 0.497 e. The van der Waals surface area contributed by atoms with E-state index in [0.717, 1.165) is 23.3 Å². The van der Waals surface area contributed by atoms with E-state index in [0.29, 0.717) is 32.5 Å². The van der Waals surface area contributed by atoms with E-state index in [-0.39, 0.29) is 11.8 Å². The van der Waals surface area contributed by atoms with E-state index in [2.05, 4.69) is 5.32 Å². The summed E-state index contributed by atoms with van der Waals surface area (Å²) in [5, 5.41) is 2.96. The van der Waals surface area contributed by atoms with Gasteiger partial charge in [-0.15, -0.1) is 0 Å². The van der Waals surface area contributed by atoms with Crippen molar-refractivity contribution in [2.24, 2.45) is 0 Å². The summed E-state index contributed by atoms with van der Waals surface area (Å²) in [6.07, 6.45) is 1.82. The average molecular weight is 413 g/mol. The van der Waals surface area contributed by atoms with Crippen LogP contribution in [-0.2, 0) is 20.9 Å². The van der Waals surface area contributed by atoms with Gasteiger partial charge in [0.2, 0.25) is 11.8 Å². The molecule has 0 aliphatic heterocycles. The molecule has 0 aliphatic rings. The van der Waals surface area contributed by atoms with Gasteiger partial charge in [-0.1, -0.05) is 49.4 Å². The van der Waals surface area contributed by atoms with Gasteiger partial charge in [0.1, 0.15) is 11.8 Å². The van der Waals surface area contributed by atoms with Crippen LogP contribution in [0.3, 0.4) is 0 Å². The van der Waals surface area contributed by atoms with E-state index in [1.54, 1.807) is 19.1 Å². The number of carbonyl (C=O) groups excluding carboxylic acids is 2. The minimum atomic E-state index is -0.699. The number of nitrogens with zero attached hydrogens (tertiary/aromatic N) is 1. The van der Waals surface area contributed by atoms with Gasteiger partial charge in [0, 0.05) is 33.2 Å². The van der Waals surface area contributed by atoms with Crippen LogP contribution < -0.4 is 10.1 Å². The van der Waals surface area contributed by atoms with E-state index >= 15 is 0 Å². The second-order valence-electron chi connectivity index (χ2n) is 7.07. The highest BCUT2D eigenvalue weighted by Gasteiger charge is 2.30. The normalized spacial score (nSPS) is 11.6. The SMILES string of the molecule is CCCC(=O)N(Cc1ccc(OC)cc1)[C@H](C(=O)NCCCOC)c1ccccc1. The summed E-state index contributed by atoms with van der Waals surface area (Å²) in [6.45, 7) is 3.37. The zero-order valence-corrected chi connectivity index (χ0v) is 18.1. The highest BCUT2D eigenvalue weighted by Crippen LogP contribution is 2.25. The first-order valence-corrected chi connectivity index (χ1v) is 10.3. The van der Waals surface area contributed by atoms with Gasteiger partial charge < -0.3 is 19.7 Å². The minimum absolute atomic E-state index is 0.0470. The second-order valence-corrected chi connectivity index (χ2v) is 7.07. The lowest BCUT2D eigenvalue weighted by molar-refractivity contribution is -0.141. The first-order valence-electron chi connectivity index (χ1n) is 10.3. The summed E-state index contributed by atoms with van der Waals surface area (Å²) in [4.78, 5) is 27.9. The van der Waals surface area contributed by atoms with E-state index in [1.165, 1.54) is 0 Å². The molecule has 1 N–H and O–H groups in total. The molecular formula is C24H32N2O4. The zero-order chi connectivity index (χ0) is 21.8. The third kappa shape index (κ3) is 6.88. The van der Waals surface area contributed by atoms with Crippen molar-refractivity contribution in [3.63, 3.8) is 0 Å². The Hall–Kier alpha value is -2.86. The number of carbonyl (C=O) groups is 2. The Morgan fingerprint density at radius 2 is 1.73 bits per heavy atom. The molecule has 0 saturated carbocycles. The number of methoxy groups -OCH3 is 2. The van der Waals surface area contributed by atoms with Crippen molar-refractivity contribution in [3.8, 4) is 5.75 Å². The number of benzene rings is 2. The molecule has 2 aromatic carbocycles. The fourth-order valence-corrected chi connectivity index (χ4v) is 3.24. The first kappa shape index (κ1) is 23.4. The Morgan fingerprint density at radius 1 is 1.03 bits per heavy atom. The maximum Gasteiger partial charge on any atom is 0.247 e. The van der Waals surface area contributed by atoms with Crippen LogP contribution in [0, 0.1) is 0 Å². The standard InChI is InChI=1S/C24H32N2O4/c1-4-9-22(27)26(18-19-12-14-21(30-3)15-13-19)23(20-10-6-5-7-11-20)24(28)25-16-8-17-29-2/h5-7,10-15,23H,4,8-9,16-18H2,1-3H3,(H,25,28)/t23-/m0/s1. The lowest BCUT2D eigenvalue weighted by atomic mass is 10.0. The van der Waals surface area contributed by atoms with Crippen molar-refractivity contribution in [1.29, 1.82) is 0 Å². The Morgan fingerprint density at radius 3 is 2.33 bits per heavy atom. The summed E-state index contributed by atoms with van der Waals surface area (Å²) in [7, 11) is 3.25. The third-order valence-electron chi connectivity index (χ3n) is 4.80. The van der Waals surface area contributed by atoms with Crippen LogP contribution in [0.5, 0.6) is 5.75 Å². The van der Waals surface area contributed by atoms with Crippen molar-refractivity contribution in [2.75, 3.05) is 27.4 Å². The maximum atomic E-state index is 13.2. The van der Waals surface area contributed by atoms with E-state index in [1.807, 2.05) is 61.5 Å². The fourth-order valence-electron chi connectivity index (χ4n) is 3.24. The van der Waals surface area contributed by atoms with Gasteiger partial charge in [-0.05, 0) is 36.1 Å². The van der Waals surface area contributed by atoms with Gasteiger partial charge in [0.05, 0.1) is 7.11 Å². The maximum absolute atomic E-state index is 13.2. The Bertz CT molecular complexity index is 778. The average Bonchev–Trinajstić information content (AvgIpc) is 2.77. The van der Waals surface area contributed by atoms with Gasteiger partial charge in [0.15, 0.2) is 0 Å². The molecule has 30 heavy (non-hydrogen) atoms. The van der Waals surface area contributed by atoms with Gasteiger partial charge in [-0.2, -0.15) is 0 Å². The van der Waals surface area contributed by atoms with Crippen molar-refractivity contribution < 1.29 is 19.1 Å². The van der Waals surface area contributed by atoms with Crippen LogP contribution >= 0.6 is 0 Å². The predicted octanol–water partition coefficient (Wildman–Crippen LogP) is 3.72. The van der Waals surface area contributed by atoms with Crippen LogP contribution in [0.4, 0.5) is 0 Å². The van der Waals surface area contributed by atoms with E-state index in [4.69, 9.17) is 9.47 Å². The fraction of sp³-hybridized carbons (Fsp3) is 0.417. The molecule has 2 aromatic rings. The van der Waals surface area contributed by atoms with Crippen LogP contribution in [-0.4, -0.2) is 44.1 Å². The number of hydrogen-bond donors (Lipinski definition) is 1. The van der Waals surface area contributed by atoms with Gasteiger partial charge >= 0.3 is 0 Å². The number of rotatable bonds is 12. The van der Waals surface area contributed by atoms with Crippen molar-refractivity contribution in [2.45, 2.75) is 38.8 Å². The quantitative estimate of drug-likeness (QED) is 0.540. The van der Waals surface area contributed by atoms with Crippen LogP contribution in [0.1, 0.15) is 43.4 Å². The van der Waals surface area contributed by atoms with Crippen LogP contribution in [0.15, 0.2) is 54.6 Å². The molecule has 162 valence electrons. The smallest absolute Gasteiger partial charge is 0.247 e. The lowest BCUT2D eigenvalue weighted by Crippen LogP contribution is -2.43. The Balaban J connectivity index is 2.32. The van der Waals surface area contributed by atoms with Crippen molar-refractivity contribution >= 4 is 11.8 Å². The molecule has 0 spiro atoms. The van der Waals surface area contributed by atoms with Crippen molar-refractivity contribution in [3.05, 3.63) is 65.7 Å². The molecule has 0 heterocycles. The molecule has 1 atom stereocenters. The lowest BCUT2D eigenvalue weighted by Gasteiger charge is -2.31. The summed E-state index contributed by atoms with van der Waals surface area (Å²) in [5.74, 6) is 0.519. The molecule has 0 saturated heterocycles. The summed E-state index contributed by atoms with van der Waals surface area (Å²) in [6, 6.07) is 16.3. The molecule has 6 nitrogen and oxygen atoms in total. The van der Waals surface area contributed by atoms with Gasteiger partial charge in [0.25, 0.3) is 0 Å². The summed E-state index contributed by atoms with van der Waals surface area (Å²) >= 11 is 0. The molecule has 0 unspecified atom stereocenters. The van der Waals surface area contributed by atoms with Crippen LogP contribution in [0.25, 0.3) is 0 Å². The Labute approximate surface area is 179 Å². The first-order chi connectivity index (χ1) is 14.6. The highest BCUT2D eigenvalue weighted by atomic mass is 16.5. The van der Waals surface area contributed by atoms with Gasteiger partial charge in [-0.3, -0.25) is 9.59 Å². The molecule has 0 bridgehead atoms. The number of nitrogens with one attached hydrogen (secondary N) is 1. The third-order valence-corrected chi connectivity index (χ3v) is 4.80. The molecule has 6 heteroatoms. The number of amides is 2. The van der Waals surface area contributed by atoms with Gasteiger partial charge in [-0.25, -0.2) is 0 Å². The monoisotopic (exact) mass is 412 g/mol. The molecule has 0 aliphatic carbocycles. The summed E-state index contributed by atoms with van der Waals surface area (Å²) in [5.41, 5.74) is 1.73. The molecule has 2 amide bonds. The predicted molar refractivity (Wildman–Crippen MR) is 117 cm³/mol. The summed E-state index contributed by atoms with van der Waals surface area (Å²) < 4.78 is 10.3. The number of hydrogen-bond acceptors (Lipinski definition) is 4. The molecule has 0 fully saturated rings. The minimum Gasteiger partial charge on any atom is -0.497 e. The zero-order valence-electron chi connectivity index (χ0n) is 18.1. The number of ether oxygens (including phenoxy) is 2. The molecule has 2 rings (SSSR count). The molecule has 0 aromatic heterocycles. The van der Waals surface area contributed by atoms with Crippen molar-refractivity contribution in [1.82, 2.24) is 10.2 Å². The Kier molecular flexibility index (Phi) is 9.87. The molecular weight excluding hydrogens is 380 g/mol. The highest BCUT2D eigenvalue weighted by molar-refractivity contribution is 5.88. The topological polar surface area (TPSA) is 67.9 Å². The molecule has 0 radical (unpaired) electrons.